The maximum Gasteiger partial charge on any atom is 0.132 e. The number of nitrogens with two attached hydrogens (primary N) is 1. The quantitative estimate of drug-likeness (QED) is 0.917. The van der Waals surface area contributed by atoms with Gasteiger partial charge in [0.1, 0.15) is 5.82 Å². The number of nitrogens with zero attached hydrogens (tertiary/aromatic N) is 1. The van der Waals surface area contributed by atoms with Gasteiger partial charge in [0.15, 0.2) is 0 Å². The van der Waals surface area contributed by atoms with Crippen LogP contribution in [0.2, 0.25) is 5.02 Å². The Morgan fingerprint density at radius 2 is 2.25 bits per heavy atom. The number of hydrogen-bond donors (Lipinski definition) is 1. The molecule has 1 aromatic heterocycles. The van der Waals surface area contributed by atoms with Crippen molar-refractivity contribution in [2.24, 2.45) is 5.73 Å². The Kier molecular flexibility index (Phi) is 3.53. The van der Waals surface area contributed by atoms with Crippen LogP contribution in [0.5, 0.6) is 0 Å². The fraction of sp³-hybridized carbons (Fsp3) is 0.182. The average Bonchev–Trinajstić information content (AvgIpc) is 2.71. The van der Waals surface area contributed by atoms with Gasteiger partial charge in [-0.15, -0.1) is 11.3 Å². The van der Waals surface area contributed by atoms with Gasteiger partial charge in [-0.1, -0.05) is 11.6 Å². The zero-order valence-corrected chi connectivity index (χ0v) is 9.98. The molecule has 84 valence electrons. The number of rotatable bonds is 3. The van der Waals surface area contributed by atoms with Crippen molar-refractivity contribution in [2.45, 2.75) is 6.42 Å². The van der Waals surface area contributed by atoms with E-state index in [9.17, 15) is 4.39 Å². The Labute approximate surface area is 102 Å². The van der Waals surface area contributed by atoms with Crippen LogP contribution in [-0.2, 0) is 6.42 Å². The molecule has 0 unspecified atom stereocenters. The zero-order chi connectivity index (χ0) is 11.5. The topological polar surface area (TPSA) is 38.9 Å². The molecule has 5 heteroatoms. The molecule has 2 rings (SSSR count). The van der Waals surface area contributed by atoms with Crippen LogP contribution in [0.25, 0.3) is 11.3 Å². The van der Waals surface area contributed by atoms with E-state index in [1.54, 1.807) is 6.07 Å². The first-order valence-corrected chi connectivity index (χ1v) is 6.06. The number of benzene rings is 1. The third kappa shape index (κ3) is 2.40. The molecule has 1 aromatic carbocycles. The van der Waals surface area contributed by atoms with Crippen LogP contribution in [0, 0.1) is 5.82 Å². The monoisotopic (exact) mass is 256 g/mol. The highest BCUT2D eigenvalue weighted by atomic mass is 35.5. The third-order valence-corrected chi connectivity index (χ3v) is 3.26. The van der Waals surface area contributed by atoms with Crippen molar-refractivity contribution in [1.82, 2.24) is 4.98 Å². The van der Waals surface area contributed by atoms with Crippen LogP contribution in [0.3, 0.4) is 0 Å². The molecule has 0 saturated carbocycles. The minimum atomic E-state index is -0.311. The van der Waals surface area contributed by atoms with E-state index in [1.807, 2.05) is 5.38 Å². The minimum Gasteiger partial charge on any atom is -0.330 e. The Morgan fingerprint density at radius 1 is 1.44 bits per heavy atom. The van der Waals surface area contributed by atoms with Crippen molar-refractivity contribution in [2.75, 3.05) is 6.54 Å². The van der Waals surface area contributed by atoms with Gasteiger partial charge in [-0.2, -0.15) is 0 Å². The van der Waals surface area contributed by atoms with Crippen LogP contribution >= 0.6 is 22.9 Å². The predicted octanol–water partition coefficient (Wildman–Crippen LogP) is 3.10. The minimum absolute atomic E-state index is 0.311. The summed E-state index contributed by atoms with van der Waals surface area (Å²) in [6, 6.07) is 4.45. The molecule has 0 spiro atoms. The van der Waals surface area contributed by atoms with E-state index in [4.69, 9.17) is 17.3 Å². The Morgan fingerprint density at radius 3 is 3.00 bits per heavy atom. The van der Waals surface area contributed by atoms with Crippen LogP contribution < -0.4 is 5.73 Å². The first kappa shape index (κ1) is 11.5. The average molecular weight is 257 g/mol. The summed E-state index contributed by atoms with van der Waals surface area (Å²) in [4.78, 5) is 4.31. The largest absolute Gasteiger partial charge is 0.330 e. The van der Waals surface area contributed by atoms with Crippen molar-refractivity contribution in [3.63, 3.8) is 0 Å². The van der Waals surface area contributed by atoms with Gasteiger partial charge < -0.3 is 5.73 Å². The van der Waals surface area contributed by atoms with E-state index in [1.165, 1.54) is 23.5 Å². The van der Waals surface area contributed by atoms with E-state index >= 15 is 0 Å². The molecule has 0 bridgehead atoms. The molecular formula is C11H10ClFN2S. The molecule has 2 nitrogen and oxygen atoms in total. The summed E-state index contributed by atoms with van der Waals surface area (Å²) in [5.74, 6) is -0.311. The highest BCUT2D eigenvalue weighted by Gasteiger charge is 2.09. The number of thiazole rings is 1. The third-order valence-electron chi connectivity index (χ3n) is 2.11. The molecule has 0 saturated heterocycles. The lowest BCUT2D eigenvalue weighted by Gasteiger charge is -1.99. The molecule has 0 fully saturated rings. The smallest absolute Gasteiger partial charge is 0.132 e. The van der Waals surface area contributed by atoms with Gasteiger partial charge in [-0.3, -0.25) is 0 Å². The summed E-state index contributed by atoms with van der Waals surface area (Å²) >= 11 is 7.31. The molecule has 2 aromatic rings. The molecule has 16 heavy (non-hydrogen) atoms. The SMILES string of the molecule is NCCc1nc(-c2cc(Cl)ccc2F)cs1. The fourth-order valence-corrected chi connectivity index (χ4v) is 2.35. The Hall–Kier alpha value is -0.970. The lowest BCUT2D eigenvalue weighted by molar-refractivity contribution is 0.631. The van der Waals surface area contributed by atoms with E-state index in [0.29, 0.717) is 29.2 Å². The maximum absolute atomic E-state index is 13.5. The van der Waals surface area contributed by atoms with Crippen molar-refractivity contribution < 1.29 is 4.39 Å². The van der Waals surface area contributed by atoms with Crippen molar-refractivity contribution in [3.8, 4) is 11.3 Å². The maximum atomic E-state index is 13.5. The predicted molar refractivity (Wildman–Crippen MR) is 65.3 cm³/mol. The van der Waals surface area contributed by atoms with Gasteiger partial charge in [-0.25, -0.2) is 9.37 Å². The second kappa shape index (κ2) is 4.91. The molecule has 2 N–H and O–H groups in total. The van der Waals surface area contributed by atoms with Crippen LogP contribution in [0.15, 0.2) is 23.6 Å². The first-order chi connectivity index (χ1) is 7.70. The molecule has 0 atom stereocenters. The highest BCUT2D eigenvalue weighted by Crippen LogP contribution is 2.27. The van der Waals surface area contributed by atoms with E-state index in [0.717, 1.165) is 5.01 Å². The molecular weight excluding hydrogens is 247 g/mol. The number of halogens is 2. The van der Waals surface area contributed by atoms with Crippen molar-refractivity contribution in [3.05, 3.63) is 39.4 Å². The summed E-state index contributed by atoms with van der Waals surface area (Å²) in [5, 5.41) is 3.24. The van der Waals surface area contributed by atoms with Crippen LogP contribution in [-0.4, -0.2) is 11.5 Å². The zero-order valence-electron chi connectivity index (χ0n) is 8.41. The van der Waals surface area contributed by atoms with Gasteiger partial charge in [0.25, 0.3) is 0 Å². The standard InChI is InChI=1S/C11H10ClFN2S/c12-7-1-2-9(13)8(5-7)10-6-16-11(15-10)3-4-14/h1-2,5-6H,3-4,14H2. The number of aromatic nitrogens is 1. The molecule has 0 amide bonds. The lowest BCUT2D eigenvalue weighted by Crippen LogP contribution is -2.02. The summed E-state index contributed by atoms with van der Waals surface area (Å²) in [6.07, 6.45) is 0.715. The van der Waals surface area contributed by atoms with Gasteiger partial charge >= 0.3 is 0 Å². The second-order valence-electron chi connectivity index (χ2n) is 3.29. The number of hydrogen-bond acceptors (Lipinski definition) is 3. The Bertz CT molecular complexity index is 498. The summed E-state index contributed by atoms with van der Waals surface area (Å²) in [6.45, 7) is 0.547. The van der Waals surface area contributed by atoms with Crippen molar-refractivity contribution in [1.29, 1.82) is 0 Å². The molecule has 0 radical (unpaired) electrons. The molecule has 0 aliphatic rings. The van der Waals surface area contributed by atoms with Crippen LogP contribution in [0.4, 0.5) is 4.39 Å². The second-order valence-corrected chi connectivity index (χ2v) is 4.67. The van der Waals surface area contributed by atoms with Gasteiger partial charge in [0.2, 0.25) is 0 Å². The van der Waals surface area contributed by atoms with E-state index in [2.05, 4.69) is 4.98 Å². The van der Waals surface area contributed by atoms with Crippen LogP contribution in [0.1, 0.15) is 5.01 Å². The fourth-order valence-electron chi connectivity index (χ4n) is 1.37. The highest BCUT2D eigenvalue weighted by molar-refractivity contribution is 7.09. The van der Waals surface area contributed by atoms with E-state index in [-0.39, 0.29) is 5.82 Å². The Balaban J connectivity index is 2.38. The summed E-state index contributed by atoms with van der Waals surface area (Å²) < 4.78 is 13.5. The van der Waals surface area contributed by atoms with Gasteiger partial charge in [-0.05, 0) is 24.7 Å². The lowest BCUT2D eigenvalue weighted by atomic mass is 10.1. The molecule has 0 aliphatic heterocycles. The summed E-state index contributed by atoms with van der Waals surface area (Å²) in [5.41, 5.74) is 6.49. The summed E-state index contributed by atoms with van der Waals surface area (Å²) in [7, 11) is 0. The van der Waals surface area contributed by atoms with Gasteiger partial charge in [0, 0.05) is 22.4 Å². The molecule has 1 heterocycles. The van der Waals surface area contributed by atoms with Gasteiger partial charge in [0.05, 0.1) is 10.7 Å². The normalized spacial score (nSPS) is 10.7. The van der Waals surface area contributed by atoms with Crippen molar-refractivity contribution >= 4 is 22.9 Å². The van der Waals surface area contributed by atoms with E-state index < -0.39 is 0 Å². The first-order valence-electron chi connectivity index (χ1n) is 4.80. The molecule has 0 aliphatic carbocycles.